The van der Waals surface area contributed by atoms with Crippen LogP contribution in [0.25, 0.3) is 0 Å². The molecule has 0 fully saturated rings. The van der Waals surface area contributed by atoms with Gasteiger partial charge < -0.3 is 5.32 Å². The van der Waals surface area contributed by atoms with Crippen molar-refractivity contribution in [3.63, 3.8) is 0 Å². The van der Waals surface area contributed by atoms with Gasteiger partial charge in [0.25, 0.3) is 11.5 Å². The normalized spacial score (nSPS) is 11.3. The third-order valence-electron chi connectivity index (χ3n) is 3.95. The van der Waals surface area contributed by atoms with E-state index >= 15 is 0 Å². The highest BCUT2D eigenvalue weighted by Gasteiger charge is 2.14. The van der Waals surface area contributed by atoms with Crippen LogP contribution < -0.4 is 10.9 Å². The van der Waals surface area contributed by atoms with Crippen LogP contribution in [0, 0.1) is 0 Å². The molecule has 1 aromatic heterocycles. The number of rotatable bonds is 5. The average molecular weight is 327 g/mol. The lowest BCUT2D eigenvalue weighted by atomic mass is 9.87. The monoisotopic (exact) mass is 327 g/mol. The number of hydrogen-bond donors (Lipinski definition) is 1. The van der Waals surface area contributed by atoms with Crippen LogP contribution in [0.5, 0.6) is 0 Å². The van der Waals surface area contributed by atoms with Gasteiger partial charge in [-0.15, -0.1) is 0 Å². The summed E-state index contributed by atoms with van der Waals surface area (Å²) in [7, 11) is 0. The maximum Gasteiger partial charge on any atom is 0.253 e. The standard InChI is InChI=1S/C19H25N3O2/c1-5-16-12-17(23)22(13-21-16)11-10-20-18(24)14-6-8-15(9-7-14)19(2,3)4/h6-9,12-13H,5,10-11H2,1-4H3,(H,20,24). The van der Waals surface area contributed by atoms with E-state index < -0.39 is 0 Å². The molecule has 1 aromatic carbocycles. The van der Waals surface area contributed by atoms with Crippen LogP contribution in [-0.2, 0) is 18.4 Å². The Morgan fingerprint density at radius 1 is 1.21 bits per heavy atom. The lowest BCUT2D eigenvalue weighted by Crippen LogP contribution is -2.31. The zero-order chi connectivity index (χ0) is 17.7. The van der Waals surface area contributed by atoms with Gasteiger partial charge in [-0.1, -0.05) is 39.8 Å². The molecule has 2 rings (SSSR count). The van der Waals surface area contributed by atoms with Crippen LogP contribution in [0.15, 0.2) is 41.5 Å². The molecule has 0 saturated carbocycles. The van der Waals surface area contributed by atoms with Crippen molar-refractivity contribution in [2.45, 2.75) is 46.1 Å². The van der Waals surface area contributed by atoms with Crippen LogP contribution >= 0.6 is 0 Å². The number of aryl methyl sites for hydroxylation is 1. The zero-order valence-electron chi connectivity index (χ0n) is 14.8. The van der Waals surface area contributed by atoms with Crippen molar-refractivity contribution in [3.8, 4) is 0 Å². The van der Waals surface area contributed by atoms with E-state index in [0.29, 0.717) is 18.7 Å². The summed E-state index contributed by atoms with van der Waals surface area (Å²) in [6.45, 7) is 9.15. The lowest BCUT2D eigenvalue weighted by molar-refractivity contribution is 0.0952. The van der Waals surface area contributed by atoms with Gasteiger partial charge in [-0.05, 0) is 29.5 Å². The summed E-state index contributed by atoms with van der Waals surface area (Å²) < 4.78 is 1.50. The Morgan fingerprint density at radius 3 is 2.42 bits per heavy atom. The van der Waals surface area contributed by atoms with Crippen molar-refractivity contribution in [2.75, 3.05) is 6.54 Å². The van der Waals surface area contributed by atoms with E-state index in [4.69, 9.17) is 0 Å². The highest BCUT2D eigenvalue weighted by Crippen LogP contribution is 2.22. The molecule has 5 heteroatoms. The fourth-order valence-corrected chi connectivity index (χ4v) is 2.34. The predicted octanol–water partition coefficient (Wildman–Crippen LogP) is 2.53. The van der Waals surface area contributed by atoms with Crippen molar-refractivity contribution in [3.05, 3.63) is 63.8 Å². The molecule has 0 bridgehead atoms. The molecule has 0 radical (unpaired) electrons. The van der Waals surface area contributed by atoms with Gasteiger partial charge >= 0.3 is 0 Å². The summed E-state index contributed by atoms with van der Waals surface area (Å²) in [6, 6.07) is 9.16. The molecule has 1 N–H and O–H groups in total. The van der Waals surface area contributed by atoms with Crippen molar-refractivity contribution < 1.29 is 4.79 Å². The molecular weight excluding hydrogens is 302 g/mol. The highest BCUT2D eigenvalue weighted by molar-refractivity contribution is 5.94. The summed E-state index contributed by atoms with van der Waals surface area (Å²) in [6.07, 6.45) is 2.27. The summed E-state index contributed by atoms with van der Waals surface area (Å²) in [5.74, 6) is -0.137. The number of benzene rings is 1. The quantitative estimate of drug-likeness (QED) is 0.918. The number of nitrogens with zero attached hydrogens (tertiary/aromatic N) is 2. The average Bonchev–Trinajstić information content (AvgIpc) is 2.55. The largest absolute Gasteiger partial charge is 0.350 e. The Morgan fingerprint density at radius 2 is 1.88 bits per heavy atom. The second kappa shape index (κ2) is 7.43. The van der Waals surface area contributed by atoms with Crippen LogP contribution in [0.3, 0.4) is 0 Å². The molecule has 5 nitrogen and oxygen atoms in total. The molecule has 2 aromatic rings. The molecule has 0 unspecified atom stereocenters. The maximum atomic E-state index is 12.2. The fourth-order valence-electron chi connectivity index (χ4n) is 2.34. The molecule has 24 heavy (non-hydrogen) atoms. The van der Waals surface area contributed by atoms with E-state index in [0.717, 1.165) is 12.1 Å². The van der Waals surface area contributed by atoms with Crippen LogP contribution in [0.1, 0.15) is 49.3 Å². The number of nitrogens with one attached hydrogen (secondary N) is 1. The maximum absolute atomic E-state index is 12.2. The summed E-state index contributed by atoms with van der Waals surface area (Å²) in [5, 5.41) is 2.84. The van der Waals surface area contributed by atoms with Gasteiger partial charge in [0.2, 0.25) is 0 Å². The summed E-state index contributed by atoms with van der Waals surface area (Å²) >= 11 is 0. The Hall–Kier alpha value is -2.43. The Bertz CT molecular complexity index is 755. The first-order valence-electron chi connectivity index (χ1n) is 8.25. The van der Waals surface area contributed by atoms with E-state index in [1.807, 2.05) is 31.2 Å². The molecule has 0 spiro atoms. The van der Waals surface area contributed by atoms with Crippen molar-refractivity contribution >= 4 is 5.91 Å². The second-order valence-electron chi connectivity index (χ2n) is 6.85. The number of hydrogen-bond acceptors (Lipinski definition) is 3. The number of aromatic nitrogens is 2. The fraction of sp³-hybridized carbons (Fsp3) is 0.421. The molecular formula is C19H25N3O2. The summed E-state index contributed by atoms with van der Waals surface area (Å²) in [5.41, 5.74) is 2.56. The third-order valence-corrected chi connectivity index (χ3v) is 3.95. The van der Waals surface area contributed by atoms with Crippen LogP contribution in [-0.4, -0.2) is 22.0 Å². The van der Waals surface area contributed by atoms with E-state index in [9.17, 15) is 9.59 Å². The van der Waals surface area contributed by atoms with Crippen LogP contribution in [0.4, 0.5) is 0 Å². The molecule has 0 atom stereocenters. The minimum Gasteiger partial charge on any atom is -0.350 e. The first kappa shape index (κ1) is 17.9. The van der Waals surface area contributed by atoms with Gasteiger partial charge in [0.15, 0.2) is 0 Å². The zero-order valence-corrected chi connectivity index (χ0v) is 14.8. The summed E-state index contributed by atoms with van der Waals surface area (Å²) in [4.78, 5) is 28.3. The van der Waals surface area contributed by atoms with E-state index in [-0.39, 0.29) is 16.9 Å². The van der Waals surface area contributed by atoms with E-state index in [1.165, 1.54) is 22.5 Å². The SMILES string of the molecule is CCc1cc(=O)n(CCNC(=O)c2ccc(C(C)(C)C)cc2)cn1. The van der Waals surface area contributed by atoms with Crippen molar-refractivity contribution in [1.29, 1.82) is 0 Å². The Kier molecular flexibility index (Phi) is 5.54. The number of amides is 1. The first-order valence-corrected chi connectivity index (χ1v) is 8.25. The molecule has 0 aliphatic carbocycles. The van der Waals surface area contributed by atoms with Gasteiger partial charge in [0.1, 0.15) is 0 Å². The van der Waals surface area contributed by atoms with Gasteiger partial charge in [0.05, 0.1) is 6.33 Å². The predicted molar refractivity (Wildman–Crippen MR) is 95.4 cm³/mol. The molecule has 0 saturated heterocycles. The smallest absolute Gasteiger partial charge is 0.253 e. The number of carbonyl (C=O) groups excluding carboxylic acids is 1. The van der Waals surface area contributed by atoms with Crippen molar-refractivity contribution in [1.82, 2.24) is 14.9 Å². The van der Waals surface area contributed by atoms with Gasteiger partial charge in [-0.25, -0.2) is 4.98 Å². The first-order chi connectivity index (χ1) is 11.3. The topological polar surface area (TPSA) is 64.0 Å². The minimum atomic E-state index is -0.137. The Balaban J connectivity index is 1.93. The lowest BCUT2D eigenvalue weighted by Gasteiger charge is -2.19. The molecule has 1 heterocycles. The van der Waals surface area contributed by atoms with Gasteiger partial charge in [0, 0.05) is 30.4 Å². The molecule has 1 amide bonds. The molecule has 128 valence electrons. The van der Waals surface area contributed by atoms with Crippen molar-refractivity contribution in [2.24, 2.45) is 0 Å². The van der Waals surface area contributed by atoms with E-state index in [2.05, 4.69) is 31.1 Å². The Labute approximate surface area is 142 Å². The van der Waals surface area contributed by atoms with Crippen LogP contribution in [0.2, 0.25) is 0 Å². The number of carbonyl (C=O) groups is 1. The third kappa shape index (κ3) is 4.54. The minimum absolute atomic E-state index is 0.0633. The molecule has 0 aliphatic rings. The van der Waals surface area contributed by atoms with Gasteiger partial charge in [-0.2, -0.15) is 0 Å². The van der Waals surface area contributed by atoms with Gasteiger partial charge in [-0.3, -0.25) is 14.2 Å². The van der Waals surface area contributed by atoms with E-state index in [1.54, 1.807) is 0 Å². The highest BCUT2D eigenvalue weighted by atomic mass is 16.1. The molecule has 0 aliphatic heterocycles. The second-order valence-corrected chi connectivity index (χ2v) is 6.85.